The Morgan fingerprint density at radius 2 is 1.83 bits per heavy atom. The largest absolute Gasteiger partial charge is 0.353 e. The first-order valence-electron chi connectivity index (χ1n) is 10.1. The zero-order valence-corrected chi connectivity index (χ0v) is 17.7. The van der Waals surface area contributed by atoms with Gasteiger partial charge in [0.15, 0.2) is 0 Å². The van der Waals surface area contributed by atoms with Crippen LogP contribution in [-0.2, 0) is 11.2 Å². The van der Waals surface area contributed by atoms with Crippen molar-refractivity contribution in [2.45, 2.75) is 26.2 Å². The van der Waals surface area contributed by atoms with Crippen molar-refractivity contribution in [3.05, 3.63) is 65.3 Å². The van der Waals surface area contributed by atoms with Crippen LogP contribution in [0.4, 0.5) is 5.82 Å². The normalized spacial score (nSPS) is 14.4. The molecule has 0 unspecified atom stereocenters. The minimum absolute atomic E-state index is 0.151. The molecule has 150 valence electrons. The number of hydrogen-bond donors (Lipinski definition) is 0. The number of nitrogens with zero attached hydrogens (tertiary/aromatic N) is 4. The molecule has 5 nitrogen and oxygen atoms in total. The van der Waals surface area contributed by atoms with Crippen molar-refractivity contribution < 1.29 is 4.79 Å². The van der Waals surface area contributed by atoms with E-state index in [1.807, 2.05) is 34.7 Å². The highest BCUT2D eigenvalue weighted by molar-refractivity contribution is 7.13. The SMILES string of the molecule is CC(C)c1ccc(-c2nc(CC(=O)N3CCN(c4ccccn4)CC3)cs2)cc1. The molecule has 1 aromatic carbocycles. The number of hydrogen-bond acceptors (Lipinski definition) is 5. The zero-order chi connectivity index (χ0) is 20.2. The second-order valence-corrected chi connectivity index (χ2v) is 8.51. The monoisotopic (exact) mass is 406 g/mol. The van der Waals surface area contributed by atoms with E-state index in [9.17, 15) is 4.79 Å². The van der Waals surface area contributed by atoms with E-state index in [0.717, 1.165) is 48.3 Å². The number of benzene rings is 1. The number of thiazole rings is 1. The third-order valence-electron chi connectivity index (χ3n) is 5.31. The first kappa shape index (κ1) is 19.6. The van der Waals surface area contributed by atoms with Crippen LogP contribution in [0.2, 0.25) is 0 Å². The number of aromatic nitrogens is 2. The molecule has 0 saturated carbocycles. The van der Waals surface area contributed by atoms with E-state index < -0.39 is 0 Å². The minimum atomic E-state index is 0.151. The van der Waals surface area contributed by atoms with E-state index in [2.05, 4.69) is 48.0 Å². The van der Waals surface area contributed by atoms with Crippen molar-refractivity contribution in [2.24, 2.45) is 0 Å². The molecule has 1 aliphatic heterocycles. The Labute approximate surface area is 176 Å². The lowest BCUT2D eigenvalue weighted by Gasteiger charge is -2.35. The quantitative estimate of drug-likeness (QED) is 0.637. The standard InChI is InChI=1S/C23H26N4OS/c1-17(2)18-6-8-19(9-7-18)23-25-20(16-29-23)15-22(28)27-13-11-26(12-14-27)21-5-3-4-10-24-21/h3-10,16-17H,11-15H2,1-2H3. The van der Waals surface area contributed by atoms with Gasteiger partial charge in [-0.15, -0.1) is 11.3 Å². The Bertz CT molecular complexity index is 945. The molecule has 0 bridgehead atoms. The molecular formula is C23H26N4OS. The highest BCUT2D eigenvalue weighted by atomic mass is 32.1. The maximum absolute atomic E-state index is 12.7. The van der Waals surface area contributed by atoms with Gasteiger partial charge in [-0.3, -0.25) is 4.79 Å². The molecular weight excluding hydrogens is 380 g/mol. The van der Waals surface area contributed by atoms with Crippen LogP contribution in [0.15, 0.2) is 54.0 Å². The van der Waals surface area contributed by atoms with Gasteiger partial charge in [0.2, 0.25) is 5.91 Å². The lowest BCUT2D eigenvalue weighted by atomic mass is 10.0. The first-order chi connectivity index (χ1) is 14.1. The van der Waals surface area contributed by atoms with Crippen LogP contribution in [0.3, 0.4) is 0 Å². The van der Waals surface area contributed by atoms with Gasteiger partial charge in [-0.25, -0.2) is 9.97 Å². The number of piperazine rings is 1. The van der Waals surface area contributed by atoms with E-state index in [-0.39, 0.29) is 5.91 Å². The Morgan fingerprint density at radius 1 is 1.07 bits per heavy atom. The van der Waals surface area contributed by atoms with Crippen molar-refractivity contribution in [1.29, 1.82) is 0 Å². The zero-order valence-electron chi connectivity index (χ0n) is 16.9. The van der Waals surface area contributed by atoms with E-state index in [0.29, 0.717) is 12.3 Å². The summed E-state index contributed by atoms with van der Waals surface area (Å²) in [5.74, 6) is 1.65. The third kappa shape index (κ3) is 4.65. The lowest BCUT2D eigenvalue weighted by Crippen LogP contribution is -2.49. The topological polar surface area (TPSA) is 49.3 Å². The number of carbonyl (C=O) groups excluding carboxylic acids is 1. The number of rotatable bonds is 5. The van der Waals surface area contributed by atoms with Gasteiger partial charge >= 0.3 is 0 Å². The predicted octanol–water partition coefficient (Wildman–Crippen LogP) is 4.22. The molecule has 4 rings (SSSR count). The summed E-state index contributed by atoms with van der Waals surface area (Å²) in [6.45, 7) is 7.46. The van der Waals surface area contributed by atoms with Gasteiger partial charge in [0.25, 0.3) is 0 Å². The summed E-state index contributed by atoms with van der Waals surface area (Å²) in [5, 5.41) is 2.98. The molecule has 0 aliphatic carbocycles. The Hall–Kier alpha value is -2.73. The van der Waals surface area contributed by atoms with Crippen LogP contribution < -0.4 is 4.90 Å². The summed E-state index contributed by atoms with van der Waals surface area (Å²) < 4.78 is 0. The van der Waals surface area contributed by atoms with Crippen LogP contribution in [-0.4, -0.2) is 47.0 Å². The Balaban J connectivity index is 1.34. The summed E-state index contributed by atoms with van der Waals surface area (Å²) >= 11 is 1.60. The van der Waals surface area contributed by atoms with Crippen molar-refractivity contribution in [1.82, 2.24) is 14.9 Å². The number of amides is 1. The van der Waals surface area contributed by atoms with E-state index in [1.54, 1.807) is 11.3 Å². The van der Waals surface area contributed by atoms with Crippen molar-refractivity contribution in [3.63, 3.8) is 0 Å². The number of pyridine rings is 1. The number of carbonyl (C=O) groups is 1. The second-order valence-electron chi connectivity index (χ2n) is 7.65. The van der Waals surface area contributed by atoms with Crippen LogP contribution >= 0.6 is 11.3 Å². The molecule has 1 amide bonds. The average molecular weight is 407 g/mol. The fourth-order valence-electron chi connectivity index (χ4n) is 3.52. The van der Waals surface area contributed by atoms with Crippen molar-refractivity contribution >= 4 is 23.1 Å². The highest BCUT2D eigenvalue weighted by Crippen LogP contribution is 2.26. The van der Waals surface area contributed by atoms with Crippen LogP contribution in [0, 0.1) is 0 Å². The lowest BCUT2D eigenvalue weighted by molar-refractivity contribution is -0.130. The molecule has 3 aromatic rings. The summed E-state index contributed by atoms with van der Waals surface area (Å²) in [7, 11) is 0. The molecule has 0 radical (unpaired) electrons. The molecule has 0 spiro atoms. The minimum Gasteiger partial charge on any atom is -0.353 e. The average Bonchev–Trinajstić information content (AvgIpc) is 3.23. The number of anilines is 1. The van der Waals surface area contributed by atoms with Crippen molar-refractivity contribution in [2.75, 3.05) is 31.1 Å². The third-order valence-corrected chi connectivity index (χ3v) is 6.25. The van der Waals surface area contributed by atoms with Crippen LogP contribution in [0.1, 0.15) is 31.0 Å². The fraction of sp³-hybridized carbons (Fsp3) is 0.348. The molecule has 2 aromatic heterocycles. The molecule has 0 atom stereocenters. The molecule has 1 fully saturated rings. The van der Waals surface area contributed by atoms with Gasteiger partial charge in [-0.2, -0.15) is 0 Å². The summed E-state index contributed by atoms with van der Waals surface area (Å²) in [5.41, 5.74) is 3.29. The van der Waals surface area contributed by atoms with Gasteiger partial charge < -0.3 is 9.80 Å². The van der Waals surface area contributed by atoms with Crippen LogP contribution in [0.25, 0.3) is 10.6 Å². The van der Waals surface area contributed by atoms with Gasteiger partial charge in [-0.1, -0.05) is 44.2 Å². The van der Waals surface area contributed by atoms with E-state index >= 15 is 0 Å². The van der Waals surface area contributed by atoms with E-state index in [4.69, 9.17) is 4.98 Å². The summed E-state index contributed by atoms with van der Waals surface area (Å²) in [6, 6.07) is 14.5. The van der Waals surface area contributed by atoms with Gasteiger partial charge in [-0.05, 0) is 23.6 Å². The predicted molar refractivity (Wildman–Crippen MR) is 118 cm³/mol. The molecule has 29 heavy (non-hydrogen) atoms. The molecule has 0 N–H and O–H groups in total. The Morgan fingerprint density at radius 3 is 2.48 bits per heavy atom. The second kappa shape index (κ2) is 8.74. The highest BCUT2D eigenvalue weighted by Gasteiger charge is 2.22. The maximum atomic E-state index is 12.7. The first-order valence-corrected chi connectivity index (χ1v) is 11.0. The summed E-state index contributed by atoms with van der Waals surface area (Å²) in [6.07, 6.45) is 2.17. The Kier molecular flexibility index (Phi) is 5.90. The van der Waals surface area contributed by atoms with E-state index in [1.165, 1.54) is 5.56 Å². The molecule has 6 heteroatoms. The van der Waals surface area contributed by atoms with Gasteiger partial charge in [0.1, 0.15) is 10.8 Å². The maximum Gasteiger partial charge on any atom is 0.228 e. The van der Waals surface area contributed by atoms with Crippen LogP contribution in [0.5, 0.6) is 0 Å². The molecule has 1 aliphatic rings. The van der Waals surface area contributed by atoms with Gasteiger partial charge in [0, 0.05) is 43.3 Å². The molecule has 1 saturated heterocycles. The smallest absolute Gasteiger partial charge is 0.228 e. The van der Waals surface area contributed by atoms with Gasteiger partial charge in [0.05, 0.1) is 12.1 Å². The summed E-state index contributed by atoms with van der Waals surface area (Å²) in [4.78, 5) is 26.0. The molecule has 3 heterocycles. The fourth-order valence-corrected chi connectivity index (χ4v) is 4.35. The van der Waals surface area contributed by atoms with Crippen molar-refractivity contribution in [3.8, 4) is 10.6 Å².